The fraction of sp³-hybridized carbons (Fsp3) is 0.0714. The van der Waals surface area contributed by atoms with Crippen LogP contribution in [-0.2, 0) is 0 Å². The summed E-state index contributed by atoms with van der Waals surface area (Å²) in [7, 11) is 0. The second-order valence-corrected chi connectivity index (χ2v) is 5.71. The minimum atomic E-state index is -0.445. The summed E-state index contributed by atoms with van der Waals surface area (Å²) in [6.45, 7) is 1.75. The lowest BCUT2D eigenvalue weighted by molar-refractivity contribution is -0.384. The van der Waals surface area contributed by atoms with Crippen molar-refractivity contribution < 1.29 is 4.92 Å². The molecule has 0 aliphatic heterocycles. The van der Waals surface area contributed by atoms with Crippen LogP contribution in [0.2, 0.25) is 10.0 Å². The molecule has 5 nitrogen and oxygen atoms in total. The number of anilines is 2. The van der Waals surface area contributed by atoms with E-state index < -0.39 is 4.92 Å². The van der Waals surface area contributed by atoms with E-state index >= 15 is 0 Å². The Labute approximate surface area is 142 Å². The van der Waals surface area contributed by atoms with Crippen molar-refractivity contribution in [2.75, 3.05) is 10.6 Å². The van der Waals surface area contributed by atoms with Crippen molar-refractivity contribution in [1.29, 1.82) is 0 Å². The molecule has 0 heterocycles. The van der Waals surface area contributed by atoms with Gasteiger partial charge in [-0.05, 0) is 49.0 Å². The van der Waals surface area contributed by atoms with Gasteiger partial charge in [-0.3, -0.25) is 10.1 Å². The Kier molecular flexibility index (Phi) is 5.18. The highest BCUT2D eigenvalue weighted by atomic mass is 35.5. The van der Waals surface area contributed by atoms with Gasteiger partial charge in [0, 0.05) is 22.8 Å². The second-order valence-electron chi connectivity index (χ2n) is 4.46. The molecule has 0 amide bonds. The Morgan fingerprint density at radius 1 is 1.14 bits per heavy atom. The Morgan fingerprint density at radius 2 is 1.82 bits per heavy atom. The van der Waals surface area contributed by atoms with Gasteiger partial charge in [0.15, 0.2) is 5.11 Å². The van der Waals surface area contributed by atoms with Crippen LogP contribution in [-0.4, -0.2) is 10.0 Å². The number of non-ortho nitro benzene ring substituents is 1. The van der Waals surface area contributed by atoms with Gasteiger partial charge in [0.05, 0.1) is 15.6 Å². The summed E-state index contributed by atoms with van der Waals surface area (Å²) in [4.78, 5) is 10.3. The van der Waals surface area contributed by atoms with E-state index in [1.807, 2.05) is 0 Å². The highest BCUT2D eigenvalue weighted by Crippen LogP contribution is 2.26. The molecule has 0 atom stereocenters. The molecule has 0 aliphatic rings. The van der Waals surface area contributed by atoms with E-state index in [9.17, 15) is 10.1 Å². The third kappa shape index (κ3) is 4.07. The van der Waals surface area contributed by atoms with Gasteiger partial charge >= 0.3 is 0 Å². The van der Waals surface area contributed by atoms with Crippen LogP contribution in [0.3, 0.4) is 0 Å². The van der Waals surface area contributed by atoms with E-state index in [4.69, 9.17) is 35.4 Å². The van der Waals surface area contributed by atoms with Crippen LogP contribution in [0, 0.1) is 17.0 Å². The van der Waals surface area contributed by atoms with E-state index in [1.54, 1.807) is 31.2 Å². The van der Waals surface area contributed by atoms with Gasteiger partial charge in [-0.25, -0.2) is 0 Å². The molecule has 2 rings (SSSR count). The number of halogens is 2. The third-order valence-electron chi connectivity index (χ3n) is 2.85. The largest absolute Gasteiger partial charge is 0.332 e. The number of rotatable bonds is 3. The maximum atomic E-state index is 10.7. The minimum absolute atomic E-state index is 0.0276. The fourth-order valence-electron chi connectivity index (χ4n) is 1.77. The first-order valence-electron chi connectivity index (χ1n) is 6.15. The molecule has 2 aromatic carbocycles. The van der Waals surface area contributed by atoms with Gasteiger partial charge in [0.1, 0.15) is 0 Å². The first-order chi connectivity index (χ1) is 10.4. The predicted molar refractivity (Wildman–Crippen MR) is 94.1 cm³/mol. The maximum absolute atomic E-state index is 10.7. The molecular formula is C14H11Cl2N3O2S. The molecule has 2 aromatic rings. The number of nitrogens with one attached hydrogen (secondary N) is 2. The number of hydrogen-bond donors (Lipinski definition) is 2. The number of nitro groups is 1. The van der Waals surface area contributed by atoms with Crippen molar-refractivity contribution in [1.82, 2.24) is 0 Å². The van der Waals surface area contributed by atoms with Crippen LogP contribution in [0.15, 0.2) is 36.4 Å². The maximum Gasteiger partial charge on any atom is 0.269 e. The van der Waals surface area contributed by atoms with E-state index in [1.165, 1.54) is 12.1 Å². The van der Waals surface area contributed by atoms with E-state index in [2.05, 4.69) is 10.6 Å². The zero-order chi connectivity index (χ0) is 16.3. The Balaban J connectivity index is 2.12. The lowest BCUT2D eigenvalue weighted by Gasteiger charge is -2.13. The smallest absolute Gasteiger partial charge is 0.269 e. The lowest BCUT2D eigenvalue weighted by Crippen LogP contribution is -2.19. The molecule has 114 valence electrons. The van der Waals surface area contributed by atoms with E-state index in [-0.39, 0.29) is 5.69 Å². The molecule has 0 radical (unpaired) electrons. The second kappa shape index (κ2) is 6.91. The molecular weight excluding hydrogens is 345 g/mol. The highest BCUT2D eigenvalue weighted by molar-refractivity contribution is 7.80. The zero-order valence-electron chi connectivity index (χ0n) is 11.4. The molecule has 8 heteroatoms. The van der Waals surface area contributed by atoms with Crippen LogP contribution >= 0.6 is 35.4 Å². The first kappa shape index (κ1) is 16.5. The number of nitrogens with zero attached hydrogens (tertiary/aromatic N) is 1. The van der Waals surface area contributed by atoms with Crippen molar-refractivity contribution in [3.63, 3.8) is 0 Å². The summed E-state index contributed by atoms with van der Waals surface area (Å²) >= 11 is 17.2. The lowest BCUT2D eigenvalue weighted by atomic mass is 10.2. The molecule has 22 heavy (non-hydrogen) atoms. The molecule has 2 N–H and O–H groups in total. The molecule has 0 fully saturated rings. The summed E-state index contributed by atoms with van der Waals surface area (Å²) in [6, 6.07) is 9.46. The molecule has 0 saturated carbocycles. The standard InChI is InChI=1S/C14H11Cl2N3O2S/c1-8-6-10(19(20)21)3-5-12(8)17-14(22)18-13-7-9(15)2-4-11(13)16/h2-7H,1H3,(H2,17,18,22). The van der Waals surface area contributed by atoms with Crippen LogP contribution in [0.5, 0.6) is 0 Å². The SMILES string of the molecule is Cc1cc([N+](=O)[O-])ccc1NC(=S)Nc1cc(Cl)ccc1Cl. The Bertz CT molecular complexity index is 753. The normalized spacial score (nSPS) is 10.1. The van der Waals surface area contributed by atoms with Crippen LogP contribution in [0.25, 0.3) is 0 Å². The van der Waals surface area contributed by atoms with Gasteiger partial charge in [0.25, 0.3) is 5.69 Å². The van der Waals surface area contributed by atoms with Gasteiger partial charge in [-0.15, -0.1) is 0 Å². The number of aryl methyl sites for hydroxylation is 1. The van der Waals surface area contributed by atoms with Crippen molar-refractivity contribution in [3.8, 4) is 0 Å². The van der Waals surface area contributed by atoms with Crippen molar-refractivity contribution in [2.45, 2.75) is 6.92 Å². The number of benzene rings is 2. The van der Waals surface area contributed by atoms with Crippen molar-refractivity contribution >= 4 is 57.6 Å². The first-order valence-corrected chi connectivity index (χ1v) is 7.31. The summed E-state index contributed by atoms with van der Waals surface area (Å²) in [5.41, 5.74) is 1.97. The molecule has 0 spiro atoms. The van der Waals surface area contributed by atoms with Crippen molar-refractivity contribution in [2.24, 2.45) is 0 Å². The molecule has 0 aliphatic carbocycles. The zero-order valence-corrected chi connectivity index (χ0v) is 13.7. The van der Waals surface area contributed by atoms with Crippen LogP contribution in [0.1, 0.15) is 5.56 Å². The molecule has 0 bridgehead atoms. The average molecular weight is 356 g/mol. The number of nitro benzene ring substituents is 1. The Morgan fingerprint density at radius 3 is 2.45 bits per heavy atom. The highest BCUT2D eigenvalue weighted by Gasteiger charge is 2.10. The molecule has 0 unspecified atom stereocenters. The number of hydrogen-bond acceptors (Lipinski definition) is 3. The predicted octanol–water partition coefficient (Wildman–Crippen LogP) is 5.02. The summed E-state index contributed by atoms with van der Waals surface area (Å²) in [5.74, 6) is 0. The molecule has 0 saturated heterocycles. The minimum Gasteiger partial charge on any atom is -0.332 e. The quantitative estimate of drug-likeness (QED) is 0.459. The summed E-state index contributed by atoms with van der Waals surface area (Å²) < 4.78 is 0. The van der Waals surface area contributed by atoms with E-state index in [0.29, 0.717) is 32.1 Å². The summed E-state index contributed by atoms with van der Waals surface area (Å²) in [6.07, 6.45) is 0. The number of thiocarbonyl (C=S) groups is 1. The van der Waals surface area contributed by atoms with Gasteiger partial charge in [-0.2, -0.15) is 0 Å². The van der Waals surface area contributed by atoms with Crippen molar-refractivity contribution in [3.05, 3.63) is 62.1 Å². The topological polar surface area (TPSA) is 67.2 Å². The van der Waals surface area contributed by atoms with Gasteiger partial charge < -0.3 is 10.6 Å². The van der Waals surface area contributed by atoms with Crippen LogP contribution in [0.4, 0.5) is 17.1 Å². The monoisotopic (exact) mass is 355 g/mol. The average Bonchev–Trinajstić information content (AvgIpc) is 2.45. The molecule has 0 aromatic heterocycles. The van der Waals surface area contributed by atoms with Crippen LogP contribution < -0.4 is 10.6 Å². The van der Waals surface area contributed by atoms with Gasteiger partial charge in [-0.1, -0.05) is 23.2 Å². The Hall–Kier alpha value is -1.89. The van der Waals surface area contributed by atoms with E-state index in [0.717, 1.165) is 0 Å². The summed E-state index contributed by atoms with van der Waals surface area (Å²) in [5, 5.41) is 17.9. The van der Waals surface area contributed by atoms with Gasteiger partial charge in [0.2, 0.25) is 0 Å². The third-order valence-corrected chi connectivity index (χ3v) is 3.61. The fourth-order valence-corrected chi connectivity index (χ4v) is 2.33.